The van der Waals surface area contributed by atoms with Crippen LogP contribution in [0.2, 0.25) is 0 Å². The number of hydrogen-bond acceptors (Lipinski definition) is 3. The number of nitrogen functional groups attached to an aromatic ring is 1. The molecular weight excluding hydrogens is 308 g/mol. The first kappa shape index (κ1) is 14.3. The fourth-order valence-corrected chi connectivity index (χ4v) is 2.82. The van der Waals surface area contributed by atoms with E-state index in [1.54, 1.807) is 12.1 Å². The van der Waals surface area contributed by atoms with Crippen molar-refractivity contribution in [3.8, 4) is 0 Å². The first-order valence-corrected chi connectivity index (χ1v) is 7.32. The number of carbonyl (C=O) groups excluding carboxylic acids is 1. The molecule has 0 spiro atoms. The fourth-order valence-electron chi connectivity index (χ4n) is 2.31. The maximum absolute atomic E-state index is 12.5. The van der Waals surface area contributed by atoms with E-state index in [1.807, 2.05) is 17.9 Å². The molecule has 0 saturated carbocycles. The molecule has 1 saturated heterocycles. The van der Waals surface area contributed by atoms with Gasteiger partial charge in [-0.2, -0.15) is 0 Å². The van der Waals surface area contributed by atoms with Crippen LogP contribution in [0.15, 0.2) is 22.7 Å². The average Bonchev–Trinajstić information content (AvgIpc) is 2.86. The molecule has 1 atom stereocenters. The molecule has 5 heteroatoms. The van der Waals surface area contributed by atoms with Crippen molar-refractivity contribution >= 4 is 27.5 Å². The van der Waals surface area contributed by atoms with Crippen molar-refractivity contribution in [2.75, 3.05) is 32.0 Å². The first-order valence-electron chi connectivity index (χ1n) is 6.53. The second kappa shape index (κ2) is 6.39. The molecule has 1 fully saturated rings. The van der Waals surface area contributed by atoms with Crippen LogP contribution in [0.4, 0.5) is 5.69 Å². The molecule has 4 nitrogen and oxygen atoms in total. The highest BCUT2D eigenvalue weighted by molar-refractivity contribution is 9.10. The quantitative estimate of drug-likeness (QED) is 0.865. The van der Waals surface area contributed by atoms with Gasteiger partial charge in [-0.3, -0.25) is 4.79 Å². The Morgan fingerprint density at radius 3 is 2.89 bits per heavy atom. The van der Waals surface area contributed by atoms with Crippen molar-refractivity contribution in [2.24, 2.45) is 5.92 Å². The first-order chi connectivity index (χ1) is 9.10. The van der Waals surface area contributed by atoms with Gasteiger partial charge in [0.25, 0.3) is 5.91 Å². The number of carbonyl (C=O) groups is 1. The van der Waals surface area contributed by atoms with E-state index in [9.17, 15) is 4.79 Å². The van der Waals surface area contributed by atoms with E-state index in [2.05, 4.69) is 15.9 Å². The Morgan fingerprint density at radius 1 is 1.53 bits per heavy atom. The number of anilines is 1. The zero-order chi connectivity index (χ0) is 13.8. The lowest BCUT2D eigenvalue weighted by Crippen LogP contribution is -2.35. The highest BCUT2D eigenvalue weighted by Crippen LogP contribution is 2.20. The lowest BCUT2D eigenvalue weighted by Gasteiger charge is -2.24. The fraction of sp³-hybridized carbons (Fsp3) is 0.500. The zero-order valence-electron chi connectivity index (χ0n) is 11.1. The standard InChI is InChI=1S/C14H19BrN2O2/c1-2-17(8-10-3-4-19-9-10)14(18)11-5-12(15)7-13(16)6-11/h5-7,10H,2-4,8-9,16H2,1H3. The van der Waals surface area contributed by atoms with Gasteiger partial charge in [0.2, 0.25) is 0 Å². The van der Waals surface area contributed by atoms with E-state index in [4.69, 9.17) is 10.5 Å². The molecule has 104 valence electrons. The number of rotatable bonds is 4. The molecule has 0 aliphatic carbocycles. The van der Waals surface area contributed by atoms with E-state index in [-0.39, 0.29) is 5.91 Å². The van der Waals surface area contributed by atoms with Gasteiger partial charge < -0.3 is 15.4 Å². The van der Waals surface area contributed by atoms with Crippen LogP contribution in [-0.2, 0) is 4.74 Å². The van der Waals surface area contributed by atoms with Crippen molar-refractivity contribution in [1.82, 2.24) is 4.90 Å². The molecule has 1 aromatic rings. The van der Waals surface area contributed by atoms with Crippen LogP contribution in [0.5, 0.6) is 0 Å². The molecule has 1 aromatic carbocycles. The summed E-state index contributed by atoms with van der Waals surface area (Å²) < 4.78 is 6.19. The van der Waals surface area contributed by atoms with Gasteiger partial charge in [-0.05, 0) is 31.5 Å². The molecule has 1 amide bonds. The third-order valence-electron chi connectivity index (χ3n) is 3.34. The minimum absolute atomic E-state index is 0.0300. The van der Waals surface area contributed by atoms with Crippen LogP contribution in [0.25, 0.3) is 0 Å². The Bertz CT molecular complexity index is 439. The summed E-state index contributed by atoms with van der Waals surface area (Å²) >= 11 is 3.37. The maximum Gasteiger partial charge on any atom is 0.253 e. The molecule has 2 N–H and O–H groups in total. The lowest BCUT2D eigenvalue weighted by atomic mass is 10.1. The Hall–Kier alpha value is -1.07. The lowest BCUT2D eigenvalue weighted by molar-refractivity contribution is 0.0731. The van der Waals surface area contributed by atoms with Gasteiger partial charge in [-0.1, -0.05) is 15.9 Å². The highest BCUT2D eigenvalue weighted by Gasteiger charge is 2.22. The third kappa shape index (κ3) is 3.70. The van der Waals surface area contributed by atoms with Crippen LogP contribution in [0.3, 0.4) is 0 Å². The number of nitrogens with zero attached hydrogens (tertiary/aromatic N) is 1. The summed E-state index contributed by atoms with van der Waals surface area (Å²) in [4.78, 5) is 14.3. The molecule has 1 heterocycles. The van der Waals surface area contributed by atoms with Gasteiger partial charge >= 0.3 is 0 Å². The van der Waals surface area contributed by atoms with Gasteiger partial charge in [0.1, 0.15) is 0 Å². The summed E-state index contributed by atoms with van der Waals surface area (Å²) in [5.41, 5.74) is 7.01. The highest BCUT2D eigenvalue weighted by atomic mass is 79.9. The number of hydrogen-bond donors (Lipinski definition) is 1. The van der Waals surface area contributed by atoms with E-state index < -0.39 is 0 Å². The Balaban J connectivity index is 2.10. The normalized spacial score (nSPS) is 18.5. The van der Waals surface area contributed by atoms with Gasteiger partial charge in [0, 0.05) is 41.3 Å². The van der Waals surface area contributed by atoms with Gasteiger partial charge in [0.05, 0.1) is 6.61 Å². The second-order valence-electron chi connectivity index (χ2n) is 4.85. The van der Waals surface area contributed by atoms with Crippen molar-refractivity contribution in [3.63, 3.8) is 0 Å². The molecule has 0 bridgehead atoms. The van der Waals surface area contributed by atoms with E-state index >= 15 is 0 Å². The van der Waals surface area contributed by atoms with Crippen LogP contribution in [0, 0.1) is 5.92 Å². The summed E-state index contributed by atoms with van der Waals surface area (Å²) in [6.45, 7) is 5.00. The molecule has 19 heavy (non-hydrogen) atoms. The molecule has 0 radical (unpaired) electrons. The SMILES string of the molecule is CCN(CC1CCOC1)C(=O)c1cc(N)cc(Br)c1. The largest absolute Gasteiger partial charge is 0.399 e. The average molecular weight is 327 g/mol. The predicted molar refractivity (Wildman–Crippen MR) is 79.1 cm³/mol. The second-order valence-corrected chi connectivity index (χ2v) is 5.76. The maximum atomic E-state index is 12.5. The molecule has 2 rings (SSSR count). The minimum Gasteiger partial charge on any atom is -0.399 e. The summed E-state index contributed by atoms with van der Waals surface area (Å²) in [5.74, 6) is 0.482. The number of ether oxygens (including phenoxy) is 1. The van der Waals surface area contributed by atoms with E-state index in [1.165, 1.54) is 0 Å². The molecular formula is C14H19BrN2O2. The van der Waals surface area contributed by atoms with Crippen molar-refractivity contribution in [3.05, 3.63) is 28.2 Å². The molecule has 0 aromatic heterocycles. The van der Waals surface area contributed by atoms with Crippen LogP contribution >= 0.6 is 15.9 Å². The summed E-state index contributed by atoms with van der Waals surface area (Å²) in [6, 6.07) is 5.32. The zero-order valence-corrected chi connectivity index (χ0v) is 12.6. The van der Waals surface area contributed by atoms with Gasteiger partial charge in [-0.25, -0.2) is 0 Å². The topological polar surface area (TPSA) is 55.6 Å². The molecule has 1 unspecified atom stereocenters. The van der Waals surface area contributed by atoms with Crippen LogP contribution in [0.1, 0.15) is 23.7 Å². The predicted octanol–water partition coefficient (Wildman–Crippen LogP) is 2.53. The summed E-state index contributed by atoms with van der Waals surface area (Å²) in [7, 11) is 0. The van der Waals surface area contributed by atoms with E-state index in [0.717, 1.165) is 30.7 Å². The van der Waals surface area contributed by atoms with Gasteiger partial charge in [-0.15, -0.1) is 0 Å². The summed E-state index contributed by atoms with van der Waals surface area (Å²) in [5, 5.41) is 0. The van der Waals surface area contributed by atoms with Crippen molar-refractivity contribution in [2.45, 2.75) is 13.3 Å². The summed E-state index contributed by atoms with van der Waals surface area (Å²) in [6.07, 6.45) is 1.03. The Labute approximate surface area is 122 Å². The van der Waals surface area contributed by atoms with Gasteiger partial charge in [0.15, 0.2) is 0 Å². The molecule has 1 aliphatic rings. The van der Waals surface area contributed by atoms with Crippen molar-refractivity contribution < 1.29 is 9.53 Å². The van der Waals surface area contributed by atoms with Crippen LogP contribution in [-0.4, -0.2) is 37.1 Å². The minimum atomic E-state index is 0.0300. The third-order valence-corrected chi connectivity index (χ3v) is 3.80. The smallest absolute Gasteiger partial charge is 0.253 e. The number of amides is 1. The monoisotopic (exact) mass is 326 g/mol. The van der Waals surface area contributed by atoms with Crippen LogP contribution < -0.4 is 5.73 Å². The Morgan fingerprint density at radius 2 is 2.32 bits per heavy atom. The molecule has 1 aliphatic heterocycles. The van der Waals surface area contributed by atoms with Crippen molar-refractivity contribution in [1.29, 1.82) is 0 Å². The number of benzene rings is 1. The number of halogens is 1. The number of nitrogens with two attached hydrogens (primary N) is 1. The Kier molecular flexibility index (Phi) is 4.82. The van der Waals surface area contributed by atoms with E-state index in [0.29, 0.717) is 23.7 Å².